The lowest BCUT2D eigenvalue weighted by Crippen LogP contribution is -2.28. The van der Waals surface area contributed by atoms with Crippen molar-refractivity contribution in [1.29, 1.82) is 0 Å². The van der Waals surface area contributed by atoms with E-state index in [-0.39, 0.29) is 16.2 Å². The van der Waals surface area contributed by atoms with E-state index in [1.807, 2.05) is 0 Å². The Balaban J connectivity index is 1.91. The number of hydrogen-bond acceptors (Lipinski definition) is 5. The van der Waals surface area contributed by atoms with Crippen LogP contribution in [0, 0.1) is 0 Å². The number of halogens is 1. The molecule has 1 aliphatic rings. The van der Waals surface area contributed by atoms with Gasteiger partial charge in [0.25, 0.3) is 0 Å². The minimum Gasteiger partial charge on any atom is -0.495 e. The molecule has 3 rings (SSSR count). The number of hydrogen-bond donors (Lipinski definition) is 0. The lowest BCUT2D eigenvalue weighted by Gasteiger charge is -2.18. The van der Waals surface area contributed by atoms with Gasteiger partial charge >= 0.3 is 5.97 Å². The molecule has 8 heteroatoms. The number of ether oxygens (including phenoxy) is 2. The van der Waals surface area contributed by atoms with Crippen molar-refractivity contribution in [3.05, 3.63) is 52.5 Å². The van der Waals surface area contributed by atoms with Crippen LogP contribution in [0.3, 0.4) is 0 Å². The predicted octanol–water partition coefficient (Wildman–Crippen LogP) is 3.46. The Morgan fingerprint density at radius 1 is 1.08 bits per heavy atom. The maximum atomic E-state index is 12.9. The maximum Gasteiger partial charge on any atom is 0.343 e. The summed E-state index contributed by atoms with van der Waals surface area (Å²) < 4.78 is 38.5. The van der Waals surface area contributed by atoms with E-state index < -0.39 is 16.0 Å². The molecule has 1 aliphatic heterocycles. The van der Waals surface area contributed by atoms with Gasteiger partial charge in [-0.1, -0.05) is 15.9 Å². The van der Waals surface area contributed by atoms with Gasteiger partial charge in [0.2, 0.25) is 10.0 Å². The number of carbonyl (C=O) groups excluding carboxylic acids is 1. The first-order valence-electron chi connectivity index (χ1n) is 8.08. The highest BCUT2D eigenvalue weighted by Crippen LogP contribution is 2.30. The van der Waals surface area contributed by atoms with E-state index in [0.717, 1.165) is 17.3 Å². The molecule has 0 aromatic heterocycles. The lowest BCUT2D eigenvalue weighted by atomic mass is 10.2. The Bertz CT molecular complexity index is 906. The zero-order valence-electron chi connectivity index (χ0n) is 14.1. The Morgan fingerprint density at radius 3 is 2.35 bits per heavy atom. The van der Waals surface area contributed by atoms with Crippen LogP contribution < -0.4 is 9.47 Å². The monoisotopic (exact) mass is 439 g/mol. The Kier molecular flexibility index (Phi) is 5.64. The van der Waals surface area contributed by atoms with Gasteiger partial charge in [0, 0.05) is 17.6 Å². The number of esters is 1. The molecule has 26 heavy (non-hydrogen) atoms. The Labute approximate surface area is 160 Å². The summed E-state index contributed by atoms with van der Waals surface area (Å²) in [6.45, 7) is 0.943. The fourth-order valence-electron chi connectivity index (χ4n) is 2.74. The van der Waals surface area contributed by atoms with Crippen LogP contribution in [0.25, 0.3) is 0 Å². The standard InChI is InChI=1S/C18H18BrNO5S/c1-24-16-9-4-13(18(21)25-15-7-5-14(19)6-8-15)12-17(16)26(22,23)20-10-2-3-11-20/h4-9,12H,2-3,10-11H2,1H3. The first kappa shape index (κ1) is 18.9. The van der Waals surface area contributed by atoms with Crippen LogP contribution in [0.4, 0.5) is 0 Å². The SMILES string of the molecule is COc1ccc(C(=O)Oc2ccc(Br)cc2)cc1S(=O)(=O)N1CCCC1. The average molecular weight is 440 g/mol. The van der Waals surface area contributed by atoms with Crippen molar-refractivity contribution in [2.24, 2.45) is 0 Å². The molecule has 1 fully saturated rings. The summed E-state index contributed by atoms with van der Waals surface area (Å²) in [5, 5.41) is 0. The number of carbonyl (C=O) groups is 1. The van der Waals surface area contributed by atoms with E-state index in [0.29, 0.717) is 18.8 Å². The van der Waals surface area contributed by atoms with Crippen LogP contribution in [-0.4, -0.2) is 38.9 Å². The molecule has 1 saturated heterocycles. The molecule has 0 aliphatic carbocycles. The number of benzene rings is 2. The number of methoxy groups -OCH3 is 1. The van der Waals surface area contributed by atoms with Crippen molar-refractivity contribution in [2.75, 3.05) is 20.2 Å². The minimum atomic E-state index is -3.72. The summed E-state index contributed by atoms with van der Waals surface area (Å²) in [4.78, 5) is 12.4. The van der Waals surface area contributed by atoms with Crippen LogP contribution >= 0.6 is 15.9 Å². The second-order valence-corrected chi connectivity index (χ2v) is 8.64. The zero-order valence-corrected chi connectivity index (χ0v) is 16.5. The van der Waals surface area contributed by atoms with E-state index in [9.17, 15) is 13.2 Å². The van der Waals surface area contributed by atoms with E-state index in [1.54, 1.807) is 24.3 Å². The first-order chi connectivity index (χ1) is 12.4. The van der Waals surface area contributed by atoms with Crippen LogP contribution in [0.2, 0.25) is 0 Å². The average Bonchev–Trinajstić information content (AvgIpc) is 3.18. The van der Waals surface area contributed by atoms with Gasteiger partial charge in [-0.3, -0.25) is 0 Å². The van der Waals surface area contributed by atoms with Crippen molar-refractivity contribution in [3.8, 4) is 11.5 Å². The highest BCUT2D eigenvalue weighted by atomic mass is 79.9. The smallest absolute Gasteiger partial charge is 0.343 e. The number of rotatable bonds is 5. The molecule has 2 aromatic carbocycles. The van der Waals surface area contributed by atoms with Crippen LogP contribution in [-0.2, 0) is 10.0 Å². The Hall–Kier alpha value is -1.90. The van der Waals surface area contributed by atoms with Gasteiger partial charge in [-0.15, -0.1) is 0 Å². The third-order valence-corrected chi connectivity index (χ3v) is 6.55. The first-order valence-corrected chi connectivity index (χ1v) is 10.3. The van der Waals surface area contributed by atoms with Crippen molar-refractivity contribution in [2.45, 2.75) is 17.7 Å². The summed E-state index contributed by atoms with van der Waals surface area (Å²) in [7, 11) is -2.32. The fourth-order valence-corrected chi connectivity index (χ4v) is 4.70. The van der Waals surface area contributed by atoms with Gasteiger partial charge in [0.15, 0.2) is 0 Å². The van der Waals surface area contributed by atoms with Gasteiger partial charge in [0.05, 0.1) is 12.7 Å². The molecule has 1 heterocycles. The molecule has 0 amide bonds. The van der Waals surface area contributed by atoms with Crippen molar-refractivity contribution >= 4 is 31.9 Å². The highest BCUT2D eigenvalue weighted by molar-refractivity contribution is 9.10. The number of nitrogens with zero attached hydrogens (tertiary/aromatic N) is 1. The molecule has 138 valence electrons. The molecule has 0 unspecified atom stereocenters. The van der Waals surface area contributed by atoms with E-state index in [1.165, 1.54) is 29.6 Å². The van der Waals surface area contributed by atoms with Crippen LogP contribution in [0.15, 0.2) is 51.8 Å². The molecule has 0 radical (unpaired) electrons. The van der Waals surface area contributed by atoms with E-state index >= 15 is 0 Å². The summed E-state index contributed by atoms with van der Waals surface area (Å²) in [5.41, 5.74) is 0.145. The third-order valence-electron chi connectivity index (χ3n) is 4.11. The summed E-state index contributed by atoms with van der Waals surface area (Å²) in [5.74, 6) is -0.0529. The molecule has 0 saturated carbocycles. The summed E-state index contributed by atoms with van der Waals surface area (Å²) >= 11 is 3.31. The maximum absolute atomic E-state index is 12.9. The molecular formula is C18H18BrNO5S. The molecular weight excluding hydrogens is 422 g/mol. The lowest BCUT2D eigenvalue weighted by molar-refractivity contribution is 0.0734. The zero-order chi connectivity index (χ0) is 18.7. The Morgan fingerprint density at radius 2 is 1.73 bits per heavy atom. The predicted molar refractivity (Wildman–Crippen MR) is 100 cm³/mol. The minimum absolute atomic E-state index is 0.0212. The topological polar surface area (TPSA) is 72.9 Å². The molecule has 0 spiro atoms. The molecule has 0 N–H and O–H groups in total. The van der Waals surface area contributed by atoms with Crippen LogP contribution in [0.1, 0.15) is 23.2 Å². The molecule has 0 bridgehead atoms. The van der Waals surface area contributed by atoms with Crippen molar-refractivity contribution < 1.29 is 22.7 Å². The second kappa shape index (κ2) is 7.77. The van der Waals surface area contributed by atoms with Crippen LogP contribution in [0.5, 0.6) is 11.5 Å². The van der Waals surface area contributed by atoms with Gasteiger partial charge in [-0.05, 0) is 55.3 Å². The quantitative estimate of drug-likeness (QED) is 0.526. The number of sulfonamides is 1. The van der Waals surface area contributed by atoms with Crippen molar-refractivity contribution in [1.82, 2.24) is 4.31 Å². The largest absolute Gasteiger partial charge is 0.495 e. The highest BCUT2D eigenvalue weighted by Gasteiger charge is 2.30. The third kappa shape index (κ3) is 3.92. The second-order valence-electron chi connectivity index (χ2n) is 5.82. The summed E-state index contributed by atoms with van der Waals surface area (Å²) in [6, 6.07) is 11.1. The molecule has 6 nitrogen and oxygen atoms in total. The normalized spacial score (nSPS) is 15.0. The van der Waals surface area contributed by atoms with Gasteiger partial charge in [-0.2, -0.15) is 4.31 Å². The van der Waals surface area contributed by atoms with E-state index in [2.05, 4.69) is 15.9 Å². The molecule has 2 aromatic rings. The van der Waals surface area contributed by atoms with Gasteiger partial charge in [0.1, 0.15) is 16.4 Å². The van der Waals surface area contributed by atoms with Gasteiger partial charge in [-0.25, -0.2) is 13.2 Å². The fraction of sp³-hybridized carbons (Fsp3) is 0.278. The van der Waals surface area contributed by atoms with Crippen molar-refractivity contribution in [3.63, 3.8) is 0 Å². The molecule has 0 atom stereocenters. The van der Waals surface area contributed by atoms with Gasteiger partial charge < -0.3 is 9.47 Å². The van der Waals surface area contributed by atoms with E-state index in [4.69, 9.17) is 9.47 Å². The summed E-state index contributed by atoms with van der Waals surface area (Å²) in [6.07, 6.45) is 1.65.